The molecule has 7 nitrogen and oxygen atoms in total. The number of benzene rings is 2. The minimum absolute atomic E-state index is 0.0916. The number of aromatic nitrogens is 3. The van der Waals surface area contributed by atoms with Crippen LogP contribution in [-0.2, 0) is 0 Å². The molecule has 28 heavy (non-hydrogen) atoms. The smallest absolute Gasteiger partial charge is 0.274 e. The summed E-state index contributed by atoms with van der Waals surface area (Å²) in [6.45, 7) is 2.09. The highest BCUT2D eigenvalue weighted by Gasteiger charge is 2.13. The number of fused-ring (bicyclic) bond motifs is 1. The number of nitrogens with one attached hydrogen (secondary N) is 3. The van der Waals surface area contributed by atoms with Gasteiger partial charge >= 0.3 is 0 Å². The minimum atomic E-state index is -0.546. The zero-order valence-electron chi connectivity index (χ0n) is 15.2. The molecule has 0 fully saturated rings. The van der Waals surface area contributed by atoms with Gasteiger partial charge in [-0.3, -0.25) is 10.0 Å². The second kappa shape index (κ2) is 7.50. The van der Waals surface area contributed by atoms with Crippen molar-refractivity contribution in [2.24, 2.45) is 0 Å². The molecule has 0 aliphatic heterocycles. The van der Waals surface area contributed by atoms with Crippen LogP contribution < -0.4 is 10.8 Å². The van der Waals surface area contributed by atoms with Crippen LogP contribution in [0.25, 0.3) is 22.3 Å². The molecule has 0 saturated carbocycles. The van der Waals surface area contributed by atoms with E-state index in [0.717, 1.165) is 28.1 Å². The van der Waals surface area contributed by atoms with E-state index in [2.05, 4.69) is 39.3 Å². The molecule has 0 saturated heterocycles. The fraction of sp³-hybridized carbons (Fsp3) is 0.0952. The molecule has 7 heteroatoms. The van der Waals surface area contributed by atoms with E-state index >= 15 is 0 Å². The van der Waals surface area contributed by atoms with Gasteiger partial charge in [0.05, 0.1) is 5.39 Å². The molecule has 4 aromatic rings. The van der Waals surface area contributed by atoms with Crippen LogP contribution in [0.15, 0.2) is 67.0 Å². The third-order valence-electron chi connectivity index (χ3n) is 4.64. The number of carbonyl (C=O) groups is 1. The number of aromatic amines is 1. The summed E-state index contributed by atoms with van der Waals surface area (Å²) >= 11 is 0. The Balaban J connectivity index is 1.64. The van der Waals surface area contributed by atoms with E-state index < -0.39 is 5.91 Å². The van der Waals surface area contributed by atoms with Crippen LogP contribution in [0.2, 0.25) is 0 Å². The molecule has 1 amide bonds. The summed E-state index contributed by atoms with van der Waals surface area (Å²) < 4.78 is 0. The number of hydroxylamine groups is 1. The number of hydrogen-bond acceptors (Lipinski definition) is 5. The van der Waals surface area contributed by atoms with Gasteiger partial charge in [-0.15, -0.1) is 0 Å². The third kappa shape index (κ3) is 3.43. The molecular formula is C21H19N5O2. The molecule has 0 radical (unpaired) electrons. The Morgan fingerprint density at radius 3 is 2.54 bits per heavy atom. The average Bonchev–Trinajstić information content (AvgIpc) is 3.19. The number of anilines is 1. The summed E-state index contributed by atoms with van der Waals surface area (Å²) in [6.07, 6.45) is 1.53. The normalized spacial score (nSPS) is 11.9. The average molecular weight is 373 g/mol. The fourth-order valence-corrected chi connectivity index (χ4v) is 3.11. The van der Waals surface area contributed by atoms with Gasteiger partial charge in [-0.2, -0.15) is 0 Å². The van der Waals surface area contributed by atoms with Crippen molar-refractivity contribution < 1.29 is 10.0 Å². The van der Waals surface area contributed by atoms with Crippen molar-refractivity contribution in [3.8, 4) is 11.3 Å². The van der Waals surface area contributed by atoms with Crippen molar-refractivity contribution in [3.05, 3.63) is 78.1 Å². The highest BCUT2D eigenvalue weighted by atomic mass is 16.5. The molecule has 2 aromatic carbocycles. The van der Waals surface area contributed by atoms with Crippen LogP contribution in [0.3, 0.4) is 0 Å². The van der Waals surface area contributed by atoms with Gasteiger partial charge in [0.15, 0.2) is 0 Å². The number of carbonyl (C=O) groups excluding carboxylic acids is 1. The van der Waals surface area contributed by atoms with Gasteiger partial charge in [0.25, 0.3) is 5.91 Å². The molecular weight excluding hydrogens is 354 g/mol. The Kier molecular flexibility index (Phi) is 4.74. The fourth-order valence-electron chi connectivity index (χ4n) is 3.11. The van der Waals surface area contributed by atoms with Crippen molar-refractivity contribution in [2.45, 2.75) is 13.0 Å². The van der Waals surface area contributed by atoms with Gasteiger partial charge in [-0.1, -0.05) is 42.5 Å². The van der Waals surface area contributed by atoms with Crippen molar-refractivity contribution in [3.63, 3.8) is 0 Å². The number of H-pyrrole nitrogens is 1. The van der Waals surface area contributed by atoms with Gasteiger partial charge < -0.3 is 10.3 Å². The maximum absolute atomic E-state index is 11.5. The van der Waals surface area contributed by atoms with Gasteiger partial charge in [0.1, 0.15) is 17.8 Å². The van der Waals surface area contributed by atoms with Gasteiger partial charge in [0.2, 0.25) is 0 Å². The first kappa shape index (κ1) is 17.7. The first-order valence-corrected chi connectivity index (χ1v) is 8.86. The first-order chi connectivity index (χ1) is 13.7. The van der Waals surface area contributed by atoms with Crippen molar-refractivity contribution in [1.82, 2.24) is 20.4 Å². The zero-order valence-corrected chi connectivity index (χ0v) is 15.2. The molecule has 0 aliphatic rings. The Morgan fingerprint density at radius 1 is 1.07 bits per heavy atom. The van der Waals surface area contributed by atoms with Crippen LogP contribution in [0.5, 0.6) is 0 Å². The lowest BCUT2D eigenvalue weighted by Crippen LogP contribution is -2.18. The van der Waals surface area contributed by atoms with Crippen LogP contribution in [0.1, 0.15) is 28.9 Å². The van der Waals surface area contributed by atoms with E-state index in [0.29, 0.717) is 5.56 Å². The molecule has 140 valence electrons. The molecule has 0 aliphatic carbocycles. The molecule has 2 aromatic heterocycles. The number of amides is 1. The van der Waals surface area contributed by atoms with Gasteiger partial charge in [-0.25, -0.2) is 15.4 Å². The Bertz CT molecular complexity index is 1110. The van der Waals surface area contributed by atoms with Crippen LogP contribution in [-0.4, -0.2) is 26.1 Å². The number of nitrogens with zero attached hydrogens (tertiary/aromatic N) is 2. The monoisotopic (exact) mass is 373 g/mol. The summed E-state index contributed by atoms with van der Waals surface area (Å²) in [5.41, 5.74) is 5.66. The maximum atomic E-state index is 11.5. The SMILES string of the molecule is C[C@@H](Nc1ncnc2[nH]c(-c3ccc(C(=O)NO)cc3)cc12)c1ccccc1. The Labute approximate surface area is 161 Å². The van der Waals surface area contributed by atoms with E-state index in [9.17, 15) is 4.79 Å². The minimum Gasteiger partial charge on any atom is -0.363 e. The molecule has 0 bridgehead atoms. The largest absolute Gasteiger partial charge is 0.363 e. The molecule has 0 unspecified atom stereocenters. The van der Waals surface area contributed by atoms with Crippen LogP contribution in [0.4, 0.5) is 5.82 Å². The lowest BCUT2D eigenvalue weighted by atomic mass is 10.1. The predicted molar refractivity (Wildman–Crippen MR) is 107 cm³/mol. The quantitative estimate of drug-likeness (QED) is 0.314. The van der Waals surface area contributed by atoms with E-state index in [1.54, 1.807) is 17.6 Å². The van der Waals surface area contributed by atoms with E-state index in [-0.39, 0.29) is 6.04 Å². The lowest BCUT2D eigenvalue weighted by Gasteiger charge is -2.15. The van der Waals surface area contributed by atoms with Crippen molar-refractivity contribution in [2.75, 3.05) is 5.32 Å². The highest BCUT2D eigenvalue weighted by molar-refractivity contribution is 5.94. The van der Waals surface area contributed by atoms with E-state index in [1.165, 1.54) is 11.9 Å². The van der Waals surface area contributed by atoms with Crippen LogP contribution in [0, 0.1) is 0 Å². The molecule has 0 spiro atoms. The molecule has 1 atom stereocenters. The molecule has 2 heterocycles. The molecule has 4 rings (SSSR count). The summed E-state index contributed by atoms with van der Waals surface area (Å²) in [5, 5.41) is 13.1. The zero-order chi connectivity index (χ0) is 19.5. The van der Waals surface area contributed by atoms with E-state index in [4.69, 9.17) is 5.21 Å². The summed E-state index contributed by atoms with van der Waals surface area (Å²) in [4.78, 5) is 23.5. The molecule has 4 N–H and O–H groups in total. The standard InChI is InChI=1S/C21H19N5O2/c1-13(14-5-3-2-4-6-14)24-19-17-11-18(25-20(17)23-12-22-19)15-7-9-16(10-8-15)21(27)26-28/h2-13,28H,1H3,(H,26,27)(H2,22,23,24,25)/t13-/m1/s1. The lowest BCUT2D eigenvalue weighted by molar-refractivity contribution is 0.0706. The van der Waals surface area contributed by atoms with E-state index in [1.807, 2.05) is 36.4 Å². The van der Waals surface area contributed by atoms with Gasteiger partial charge in [-0.05, 0) is 36.2 Å². The summed E-state index contributed by atoms with van der Waals surface area (Å²) in [6, 6.07) is 19.1. The Hall–Kier alpha value is -3.71. The van der Waals surface area contributed by atoms with Crippen LogP contribution >= 0.6 is 0 Å². The second-order valence-corrected chi connectivity index (χ2v) is 6.46. The second-order valence-electron chi connectivity index (χ2n) is 6.46. The first-order valence-electron chi connectivity index (χ1n) is 8.86. The summed E-state index contributed by atoms with van der Waals surface area (Å²) in [7, 11) is 0. The van der Waals surface area contributed by atoms with Crippen molar-refractivity contribution in [1.29, 1.82) is 0 Å². The maximum Gasteiger partial charge on any atom is 0.274 e. The van der Waals surface area contributed by atoms with Crippen molar-refractivity contribution >= 4 is 22.8 Å². The number of rotatable bonds is 5. The highest BCUT2D eigenvalue weighted by Crippen LogP contribution is 2.29. The van der Waals surface area contributed by atoms with Gasteiger partial charge in [0, 0.05) is 17.3 Å². The number of hydrogen-bond donors (Lipinski definition) is 4. The third-order valence-corrected chi connectivity index (χ3v) is 4.64. The summed E-state index contributed by atoms with van der Waals surface area (Å²) in [5.74, 6) is 0.204. The topological polar surface area (TPSA) is 103 Å². The Morgan fingerprint density at radius 2 is 1.82 bits per heavy atom. The predicted octanol–water partition coefficient (Wildman–Crippen LogP) is 3.92.